The highest BCUT2D eigenvalue weighted by atomic mass is 16.5. The van der Waals surface area contributed by atoms with E-state index < -0.39 is 0 Å². The second kappa shape index (κ2) is 7.96. The van der Waals surface area contributed by atoms with Crippen molar-refractivity contribution in [2.75, 3.05) is 13.2 Å². The van der Waals surface area contributed by atoms with Gasteiger partial charge in [-0.25, -0.2) is 0 Å². The Morgan fingerprint density at radius 2 is 2.23 bits per heavy atom. The van der Waals surface area contributed by atoms with Crippen LogP contribution in [0.5, 0.6) is 0 Å². The van der Waals surface area contributed by atoms with E-state index in [4.69, 9.17) is 4.74 Å². The quantitative estimate of drug-likeness (QED) is 0.750. The van der Waals surface area contributed by atoms with Crippen molar-refractivity contribution in [3.8, 4) is 0 Å². The predicted octanol–water partition coefficient (Wildman–Crippen LogP) is 1.69. The molecule has 0 spiro atoms. The van der Waals surface area contributed by atoms with Crippen LogP contribution in [0.3, 0.4) is 0 Å². The van der Waals surface area contributed by atoms with E-state index in [2.05, 4.69) is 5.10 Å². The van der Waals surface area contributed by atoms with E-state index in [9.17, 15) is 9.59 Å². The normalized spacial score (nSPS) is 18.3. The van der Waals surface area contributed by atoms with Crippen molar-refractivity contribution < 1.29 is 14.3 Å². The molecule has 22 heavy (non-hydrogen) atoms. The largest absolute Gasteiger partial charge is 0.466 e. The van der Waals surface area contributed by atoms with Crippen molar-refractivity contribution in [2.24, 2.45) is 7.05 Å². The van der Waals surface area contributed by atoms with Crippen LogP contribution in [-0.4, -0.2) is 45.8 Å². The summed E-state index contributed by atoms with van der Waals surface area (Å²) in [6.45, 7) is 2.94. The van der Waals surface area contributed by atoms with Crippen LogP contribution in [0.15, 0.2) is 12.4 Å². The standard InChI is InChI=1S/C16H25N3O3/c1-3-22-16(21)10-14-6-4-5-9-19(14)15(20)8-7-13-11-17-18(2)12-13/h11-12,14H,3-10H2,1-2H3/t14-/m0/s1. The molecular weight excluding hydrogens is 282 g/mol. The lowest BCUT2D eigenvalue weighted by Gasteiger charge is -2.35. The van der Waals surface area contributed by atoms with E-state index in [1.807, 2.05) is 18.1 Å². The summed E-state index contributed by atoms with van der Waals surface area (Å²) in [5.74, 6) is -0.0858. The highest BCUT2D eigenvalue weighted by Gasteiger charge is 2.28. The Balaban J connectivity index is 1.88. The topological polar surface area (TPSA) is 64.4 Å². The van der Waals surface area contributed by atoms with Gasteiger partial charge in [0.25, 0.3) is 0 Å². The minimum Gasteiger partial charge on any atom is -0.466 e. The molecule has 0 unspecified atom stereocenters. The lowest BCUT2D eigenvalue weighted by molar-refractivity contribution is -0.146. The fraction of sp³-hybridized carbons (Fsp3) is 0.688. The maximum atomic E-state index is 12.5. The van der Waals surface area contributed by atoms with E-state index in [0.717, 1.165) is 31.4 Å². The lowest BCUT2D eigenvalue weighted by atomic mass is 9.98. The number of nitrogens with zero attached hydrogens (tertiary/aromatic N) is 3. The van der Waals surface area contributed by atoms with Gasteiger partial charge in [0, 0.05) is 32.3 Å². The third-order valence-electron chi connectivity index (χ3n) is 4.04. The third kappa shape index (κ3) is 4.58. The smallest absolute Gasteiger partial charge is 0.307 e. The maximum absolute atomic E-state index is 12.5. The van der Waals surface area contributed by atoms with Gasteiger partial charge in [-0.3, -0.25) is 14.3 Å². The van der Waals surface area contributed by atoms with E-state index >= 15 is 0 Å². The van der Waals surface area contributed by atoms with Crippen molar-refractivity contribution in [2.45, 2.75) is 51.5 Å². The Labute approximate surface area is 131 Å². The van der Waals surface area contributed by atoms with E-state index in [1.54, 1.807) is 17.8 Å². The number of carbonyl (C=O) groups excluding carboxylic acids is 2. The summed E-state index contributed by atoms with van der Waals surface area (Å²) >= 11 is 0. The SMILES string of the molecule is CCOC(=O)C[C@@H]1CCCCN1C(=O)CCc1cnn(C)c1. The Hall–Kier alpha value is -1.85. The number of amides is 1. The van der Waals surface area contributed by atoms with E-state index in [0.29, 0.717) is 25.9 Å². The average Bonchev–Trinajstić information content (AvgIpc) is 2.91. The first-order chi connectivity index (χ1) is 10.6. The molecule has 1 aliphatic heterocycles. The number of hydrogen-bond acceptors (Lipinski definition) is 4. The molecular formula is C16H25N3O3. The monoisotopic (exact) mass is 307 g/mol. The molecule has 1 atom stereocenters. The first kappa shape index (κ1) is 16.5. The molecule has 6 heteroatoms. The fourth-order valence-corrected chi connectivity index (χ4v) is 2.95. The van der Waals surface area contributed by atoms with Gasteiger partial charge in [-0.2, -0.15) is 5.10 Å². The number of aromatic nitrogens is 2. The zero-order valence-corrected chi connectivity index (χ0v) is 13.5. The third-order valence-corrected chi connectivity index (χ3v) is 4.04. The van der Waals surface area contributed by atoms with Crippen molar-refractivity contribution in [3.05, 3.63) is 18.0 Å². The summed E-state index contributed by atoms with van der Waals surface area (Å²) in [7, 11) is 1.87. The lowest BCUT2D eigenvalue weighted by Crippen LogP contribution is -2.45. The molecule has 1 aromatic rings. The van der Waals surface area contributed by atoms with Gasteiger partial charge in [-0.05, 0) is 38.2 Å². The molecule has 0 bridgehead atoms. The fourth-order valence-electron chi connectivity index (χ4n) is 2.95. The maximum Gasteiger partial charge on any atom is 0.307 e. The first-order valence-electron chi connectivity index (χ1n) is 8.02. The Bertz CT molecular complexity index is 512. The van der Waals surface area contributed by atoms with Gasteiger partial charge in [-0.15, -0.1) is 0 Å². The van der Waals surface area contributed by atoms with E-state index in [-0.39, 0.29) is 17.9 Å². The molecule has 6 nitrogen and oxygen atoms in total. The van der Waals surface area contributed by atoms with Crippen LogP contribution >= 0.6 is 0 Å². The van der Waals surface area contributed by atoms with Crippen molar-refractivity contribution >= 4 is 11.9 Å². The average molecular weight is 307 g/mol. The van der Waals surface area contributed by atoms with Gasteiger partial charge < -0.3 is 9.64 Å². The molecule has 0 N–H and O–H groups in total. The van der Waals surface area contributed by atoms with Gasteiger partial charge in [0.2, 0.25) is 5.91 Å². The predicted molar refractivity (Wildman–Crippen MR) is 82.1 cm³/mol. The molecule has 2 heterocycles. The molecule has 0 aromatic carbocycles. The summed E-state index contributed by atoms with van der Waals surface area (Å²) in [6, 6.07) is -0.00537. The number of esters is 1. The molecule has 122 valence electrons. The number of rotatable bonds is 6. The van der Waals surface area contributed by atoms with Crippen molar-refractivity contribution in [1.82, 2.24) is 14.7 Å². The summed E-state index contributed by atoms with van der Waals surface area (Å²) < 4.78 is 6.76. The van der Waals surface area contributed by atoms with Crippen LogP contribution in [0, 0.1) is 0 Å². The number of carbonyl (C=O) groups is 2. The van der Waals surface area contributed by atoms with Crippen LogP contribution in [0.2, 0.25) is 0 Å². The van der Waals surface area contributed by atoms with Crippen molar-refractivity contribution in [3.63, 3.8) is 0 Å². The molecule has 0 saturated carbocycles. The summed E-state index contributed by atoms with van der Waals surface area (Å²) in [4.78, 5) is 26.0. The number of piperidine rings is 1. The van der Waals surface area contributed by atoms with Gasteiger partial charge >= 0.3 is 5.97 Å². The van der Waals surface area contributed by atoms with Gasteiger partial charge in [0.15, 0.2) is 0 Å². The van der Waals surface area contributed by atoms with Crippen LogP contribution in [-0.2, 0) is 27.8 Å². The highest BCUT2D eigenvalue weighted by Crippen LogP contribution is 2.21. The molecule has 1 saturated heterocycles. The number of aryl methyl sites for hydroxylation is 2. The minimum absolute atomic E-state index is 0.00537. The van der Waals surface area contributed by atoms with Crippen LogP contribution in [0.1, 0.15) is 44.6 Å². The van der Waals surface area contributed by atoms with Crippen LogP contribution in [0.4, 0.5) is 0 Å². The molecule has 0 radical (unpaired) electrons. The number of likely N-dealkylation sites (tertiary alicyclic amines) is 1. The Morgan fingerprint density at radius 1 is 1.41 bits per heavy atom. The second-order valence-electron chi connectivity index (χ2n) is 5.77. The Kier molecular flexibility index (Phi) is 5.98. The van der Waals surface area contributed by atoms with Gasteiger partial charge in [0.1, 0.15) is 0 Å². The van der Waals surface area contributed by atoms with Crippen LogP contribution < -0.4 is 0 Å². The molecule has 1 amide bonds. The Morgan fingerprint density at radius 3 is 2.91 bits per heavy atom. The molecule has 1 fully saturated rings. The van der Waals surface area contributed by atoms with E-state index in [1.165, 1.54) is 0 Å². The summed E-state index contributed by atoms with van der Waals surface area (Å²) in [6.07, 6.45) is 8.15. The summed E-state index contributed by atoms with van der Waals surface area (Å²) in [5.41, 5.74) is 1.06. The molecule has 1 aliphatic rings. The van der Waals surface area contributed by atoms with Crippen molar-refractivity contribution in [1.29, 1.82) is 0 Å². The molecule has 0 aliphatic carbocycles. The van der Waals surface area contributed by atoms with Crippen LogP contribution in [0.25, 0.3) is 0 Å². The number of ether oxygens (including phenoxy) is 1. The minimum atomic E-state index is -0.209. The molecule has 2 rings (SSSR count). The number of hydrogen-bond donors (Lipinski definition) is 0. The molecule has 1 aromatic heterocycles. The highest BCUT2D eigenvalue weighted by molar-refractivity contribution is 5.78. The summed E-state index contributed by atoms with van der Waals surface area (Å²) in [5, 5.41) is 4.11. The van der Waals surface area contributed by atoms with Gasteiger partial charge in [0.05, 0.1) is 19.2 Å². The zero-order chi connectivity index (χ0) is 15.9. The zero-order valence-electron chi connectivity index (χ0n) is 13.5. The first-order valence-corrected chi connectivity index (χ1v) is 8.02. The van der Waals surface area contributed by atoms with Gasteiger partial charge in [-0.1, -0.05) is 0 Å². The second-order valence-corrected chi connectivity index (χ2v) is 5.77.